The van der Waals surface area contributed by atoms with Gasteiger partial charge in [0.1, 0.15) is 0 Å². The van der Waals surface area contributed by atoms with Crippen LogP contribution in [0.3, 0.4) is 0 Å². The molecule has 0 aliphatic carbocycles. The van der Waals surface area contributed by atoms with Gasteiger partial charge in [-0.2, -0.15) is 0 Å². The molecule has 108 valence electrons. The summed E-state index contributed by atoms with van der Waals surface area (Å²) in [5.74, 6) is 0.529. The fourth-order valence-corrected chi connectivity index (χ4v) is 2.18. The van der Waals surface area contributed by atoms with Gasteiger partial charge >= 0.3 is 0 Å². The Bertz CT molecular complexity index is 365. The number of ether oxygens (including phenoxy) is 2. The highest BCUT2D eigenvalue weighted by Gasteiger charge is 2.08. The third-order valence-corrected chi connectivity index (χ3v) is 2.90. The monoisotopic (exact) mass is 307 g/mol. The molecule has 0 heterocycles. The summed E-state index contributed by atoms with van der Waals surface area (Å²) >= 11 is 12.2. The van der Waals surface area contributed by atoms with Crippen LogP contribution in [0.25, 0.3) is 0 Å². The predicted octanol–water partition coefficient (Wildman–Crippen LogP) is 2.49. The molecule has 1 aromatic rings. The van der Waals surface area contributed by atoms with Crippen LogP contribution in [0.5, 0.6) is 5.75 Å². The molecule has 1 aromatic carbocycles. The number of nitrogens with one attached hydrogen (secondary N) is 1. The molecule has 4 nitrogen and oxygen atoms in total. The molecule has 0 aromatic heterocycles. The van der Waals surface area contributed by atoms with Gasteiger partial charge in [0.25, 0.3) is 0 Å². The molecule has 0 aliphatic rings. The van der Waals surface area contributed by atoms with Gasteiger partial charge in [0.05, 0.1) is 36.5 Å². The Morgan fingerprint density at radius 1 is 1.21 bits per heavy atom. The second-order valence-electron chi connectivity index (χ2n) is 3.83. The SMILES string of the molecule is CCOc1c(Cl)cc(CNCCOCCO)cc1Cl. The highest BCUT2D eigenvalue weighted by atomic mass is 35.5. The van der Waals surface area contributed by atoms with Crippen LogP contribution in [0.15, 0.2) is 12.1 Å². The molecule has 2 N–H and O–H groups in total. The Balaban J connectivity index is 2.42. The van der Waals surface area contributed by atoms with Crippen molar-refractivity contribution in [2.75, 3.05) is 33.0 Å². The van der Waals surface area contributed by atoms with Crippen LogP contribution >= 0.6 is 23.2 Å². The fraction of sp³-hybridized carbons (Fsp3) is 0.538. The topological polar surface area (TPSA) is 50.7 Å². The first kappa shape index (κ1) is 16.5. The number of aliphatic hydroxyl groups excluding tert-OH is 1. The van der Waals surface area contributed by atoms with Crippen molar-refractivity contribution in [3.63, 3.8) is 0 Å². The first-order chi connectivity index (χ1) is 9.19. The molecular formula is C13H19Cl2NO3. The number of halogens is 2. The number of rotatable bonds is 9. The van der Waals surface area contributed by atoms with E-state index in [4.69, 9.17) is 37.8 Å². The minimum absolute atomic E-state index is 0.0457. The van der Waals surface area contributed by atoms with Gasteiger partial charge in [-0.3, -0.25) is 0 Å². The Hall–Kier alpha value is -0.520. The summed E-state index contributed by atoms with van der Waals surface area (Å²) in [6.07, 6.45) is 0. The Morgan fingerprint density at radius 3 is 2.47 bits per heavy atom. The van der Waals surface area contributed by atoms with Crippen molar-refractivity contribution in [1.82, 2.24) is 5.32 Å². The smallest absolute Gasteiger partial charge is 0.156 e. The van der Waals surface area contributed by atoms with Crippen molar-refractivity contribution in [1.29, 1.82) is 0 Å². The summed E-state index contributed by atoms with van der Waals surface area (Å²) in [7, 11) is 0. The van der Waals surface area contributed by atoms with Gasteiger partial charge < -0.3 is 19.9 Å². The third kappa shape index (κ3) is 5.97. The lowest BCUT2D eigenvalue weighted by atomic mass is 10.2. The van der Waals surface area contributed by atoms with Gasteiger partial charge in [-0.25, -0.2) is 0 Å². The van der Waals surface area contributed by atoms with Crippen molar-refractivity contribution in [2.45, 2.75) is 13.5 Å². The molecular weight excluding hydrogens is 289 g/mol. The summed E-state index contributed by atoms with van der Waals surface area (Å²) in [6.45, 7) is 4.72. The average molecular weight is 308 g/mol. The molecule has 0 spiro atoms. The lowest BCUT2D eigenvalue weighted by molar-refractivity contribution is 0.0938. The molecule has 6 heteroatoms. The van der Waals surface area contributed by atoms with E-state index in [0.29, 0.717) is 48.7 Å². The van der Waals surface area contributed by atoms with Gasteiger partial charge in [0.15, 0.2) is 5.75 Å². The zero-order valence-corrected chi connectivity index (χ0v) is 12.4. The van der Waals surface area contributed by atoms with E-state index in [0.717, 1.165) is 5.56 Å². The second-order valence-corrected chi connectivity index (χ2v) is 4.65. The second kappa shape index (κ2) is 9.39. The van der Waals surface area contributed by atoms with Gasteiger partial charge in [0, 0.05) is 13.1 Å². The highest BCUT2D eigenvalue weighted by Crippen LogP contribution is 2.34. The number of hydrogen-bond acceptors (Lipinski definition) is 4. The maximum absolute atomic E-state index is 8.54. The summed E-state index contributed by atoms with van der Waals surface area (Å²) in [6, 6.07) is 3.67. The molecule has 0 bridgehead atoms. The van der Waals surface area contributed by atoms with E-state index < -0.39 is 0 Å². The van der Waals surface area contributed by atoms with Gasteiger partial charge in [-0.1, -0.05) is 23.2 Å². The van der Waals surface area contributed by atoms with E-state index in [1.54, 1.807) is 0 Å². The Kier molecular flexibility index (Phi) is 8.18. The van der Waals surface area contributed by atoms with Crippen molar-refractivity contribution in [2.24, 2.45) is 0 Å². The molecule has 0 amide bonds. The number of benzene rings is 1. The van der Waals surface area contributed by atoms with Crippen molar-refractivity contribution < 1.29 is 14.6 Å². The van der Waals surface area contributed by atoms with Crippen LogP contribution in [0.2, 0.25) is 10.0 Å². The van der Waals surface area contributed by atoms with Crippen molar-refractivity contribution >= 4 is 23.2 Å². The van der Waals surface area contributed by atoms with E-state index in [9.17, 15) is 0 Å². The molecule has 0 atom stereocenters. The molecule has 19 heavy (non-hydrogen) atoms. The van der Waals surface area contributed by atoms with E-state index in [-0.39, 0.29) is 6.61 Å². The van der Waals surface area contributed by atoms with E-state index in [2.05, 4.69) is 5.32 Å². The minimum Gasteiger partial charge on any atom is -0.491 e. The number of hydrogen-bond donors (Lipinski definition) is 2. The summed E-state index contributed by atoms with van der Waals surface area (Å²) < 4.78 is 10.5. The van der Waals surface area contributed by atoms with Crippen LogP contribution in [0.1, 0.15) is 12.5 Å². The van der Waals surface area contributed by atoms with Crippen molar-refractivity contribution in [3.8, 4) is 5.75 Å². The fourth-order valence-electron chi connectivity index (χ4n) is 1.54. The van der Waals surface area contributed by atoms with Crippen LogP contribution in [-0.4, -0.2) is 38.1 Å². The molecule has 0 saturated carbocycles. The van der Waals surface area contributed by atoms with Gasteiger partial charge in [-0.15, -0.1) is 0 Å². The average Bonchev–Trinajstić information content (AvgIpc) is 2.38. The third-order valence-electron chi connectivity index (χ3n) is 2.33. The van der Waals surface area contributed by atoms with Crippen LogP contribution in [0, 0.1) is 0 Å². The zero-order valence-electron chi connectivity index (χ0n) is 10.9. The van der Waals surface area contributed by atoms with Crippen LogP contribution < -0.4 is 10.1 Å². The summed E-state index contributed by atoms with van der Waals surface area (Å²) in [5, 5.41) is 12.8. The number of aliphatic hydroxyl groups is 1. The van der Waals surface area contributed by atoms with Crippen LogP contribution in [-0.2, 0) is 11.3 Å². The summed E-state index contributed by atoms with van der Waals surface area (Å²) in [5.41, 5.74) is 0.987. The van der Waals surface area contributed by atoms with Gasteiger partial charge in [0.2, 0.25) is 0 Å². The largest absolute Gasteiger partial charge is 0.491 e. The predicted molar refractivity (Wildman–Crippen MR) is 77.2 cm³/mol. The van der Waals surface area contributed by atoms with Crippen molar-refractivity contribution in [3.05, 3.63) is 27.7 Å². The maximum atomic E-state index is 8.54. The van der Waals surface area contributed by atoms with E-state index in [1.807, 2.05) is 19.1 Å². The Morgan fingerprint density at radius 2 is 1.89 bits per heavy atom. The van der Waals surface area contributed by atoms with E-state index in [1.165, 1.54) is 0 Å². The molecule has 0 aliphatic heterocycles. The molecule has 1 rings (SSSR count). The standard InChI is InChI=1S/C13H19Cl2NO3/c1-2-19-13-11(14)7-10(8-12(13)15)9-16-3-5-18-6-4-17/h7-8,16-17H,2-6,9H2,1H3. The summed E-state index contributed by atoms with van der Waals surface area (Å²) in [4.78, 5) is 0. The molecule has 0 unspecified atom stereocenters. The maximum Gasteiger partial charge on any atom is 0.156 e. The van der Waals surface area contributed by atoms with Gasteiger partial charge in [-0.05, 0) is 24.6 Å². The first-order valence-electron chi connectivity index (χ1n) is 6.19. The van der Waals surface area contributed by atoms with Crippen LogP contribution in [0.4, 0.5) is 0 Å². The lowest BCUT2D eigenvalue weighted by Crippen LogP contribution is -2.20. The molecule has 0 saturated heterocycles. The highest BCUT2D eigenvalue weighted by molar-refractivity contribution is 6.37. The molecule has 0 fully saturated rings. The minimum atomic E-state index is 0.0457. The normalized spacial score (nSPS) is 10.7. The first-order valence-corrected chi connectivity index (χ1v) is 6.94. The van der Waals surface area contributed by atoms with E-state index >= 15 is 0 Å². The zero-order chi connectivity index (χ0) is 14.1. The lowest BCUT2D eigenvalue weighted by Gasteiger charge is -2.11. The quantitative estimate of drug-likeness (QED) is 0.688. The Labute approximate surface area is 123 Å². The molecule has 0 radical (unpaired) electrons.